The van der Waals surface area contributed by atoms with Crippen molar-refractivity contribution < 1.29 is 19.1 Å². The zero-order valence-corrected chi connectivity index (χ0v) is 15.3. The molecule has 2 aromatic rings. The summed E-state index contributed by atoms with van der Waals surface area (Å²) in [5.41, 5.74) is 2.52. The molecule has 4 rings (SSSR count). The first kappa shape index (κ1) is 18.1. The number of amides is 3. The summed E-state index contributed by atoms with van der Waals surface area (Å²) >= 11 is 0. The van der Waals surface area contributed by atoms with Gasteiger partial charge in [0.15, 0.2) is 0 Å². The van der Waals surface area contributed by atoms with Gasteiger partial charge < -0.3 is 9.64 Å². The Bertz CT molecular complexity index is 929. The molecule has 0 radical (unpaired) electrons. The van der Waals surface area contributed by atoms with Crippen molar-refractivity contribution >= 4 is 23.3 Å². The molecule has 0 N–H and O–H groups in total. The van der Waals surface area contributed by atoms with Crippen molar-refractivity contribution in [1.82, 2.24) is 9.80 Å². The average Bonchev–Trinajstić information content (AvgIpc) is 3.03. The van der Waals surface area contributed by atoms with Gasteiger partial charge in [0.1, 0.15) is 0 Å². The van der Waals surface area contributed by atoms with Crippen LogP contribution in [0.5, 0.6) is 0 Å². The molecule has 0 bridgehead atoms. The zero-order valence-electron chi connectivity index (χ0n) is 15.3. The molecule has 142 valence electrons. The predicted molar refractivity (Wildman–Crippen MR) is 103 cm³/mol. The van der Waals surface area contributed by atoms with Gasteiger partial charge in [0, 0.05) is 24.7 Å². The van der Waals surface area contributed by atoms with Gasteiger partial charge >= 0.3 is 0 Å². The fourth-order valence-electron chi connectivity index (χ4n) is 3.37. The molecular weight excluding hydrogens is 356 g/mol. The Morgan fingerprint density at radius 3 is 2.29 bits per heavy atom. The van der Waals surface area contributed by atoms with Crippen LogP contribution < -0.4 is 0 Å². The number of rotatable bonds is 4. The van der Waals surface area contributed by atoms with Crippen molar-refractivity contribution in [3.05, 3.63) is 77.4 Å². The number of carbonyl (C=O) groups is 3. The van der Waals surface area contributed by atoms with E-state index in [2.05, 4.69) is 0 Å². The lowest BCUT2D eigenvalue weighted by Gasteiger charge is -2.27. The molecule has 0 spiro atoms. The molecule has 1 saturated heterocycles. The van der Waals surface area contributed by atoms with Crippen molar-refractivity contribution in [2.45, 2.75) is 6.54 Å². The van der Waals surface area contributed by atoms with E-state index in [-0.39, 0.29) is 24.3 Å². The quantitative estimate of drug-likeness (QED) is 0.767. The summed E-state index contributed by atoms with van der Waals surface area (Å²) in [6.07, 6.45) is 1.38. The molecule has 0 aliphatic carbocycles. The monoisotopic (exact) mass is 376 g/mol. The topological polar surface area (TPSA) is 66.9 Å². The number of morpholine rings is 1. The second kappa shape index (κ2) is 7.78. The molecule has 0 unspecified atom stereocenters. The lowest BCUT2D eigenvalue weighted by atomic mass is 10.1. The SMILES string of the molecule is O=C(c1ccc(CN2C(=O)C=C(c3ccccc3)C2=O)cc1)N1CCOCC1. The van der Waals surface area contributed by atoms with Gasteiger partial charge in [-0.1, -0.05) is 42.5 Å². The van der Waals surface area contributed by atoms with Gasteiger partial charge in [0.25, 0.3) is 17.7 Å². The van der Waals surface area contributed by atoms with Crippen molar-refractivity contribution in [3.63, 3.8) is 0 Å². The summed E-state index contributed by atoms with van der Waals surface area (Å²) in [7, 11) is 0. The molecule has 0 aromatic heterocycles. The van der Waals surface area contributed by atoms with Gasteiger partial charge in [-0.2, -0.15) is 0 Å². The van der Waals surface area contributed by atoms with Gasteiger partial charge in [-0.05, 0) is 23.3 Å². The minimum absolute atomic E-state index is 0.0313. The fraction of sp³-hybridized carbons (Fsp3) is 0.227. The Kier molecular flexibility index (Phi) is 5.04. The maximum absolute atomic E-state index is 12.7. The molecule has 2 heterocycles. The third-order valence-electron chi connectivity index (χ3n) is 4.93. The molecule has 6 heteroatoms. The van der Waals surface area contributed by atoms with Crippen LogP contribution in [0.1, 0.15) is 21.5 Å². The van der Waals surface area contributed by atoms with E-state index in [0.717, 1.165) is 11.1 Å². The maximum atomic E-state index is 12.7. The molecule has 6 nitrogen and oxygen atoms in total. The smallest absolute Gasteiger partial charge is 0.261 e. The van der Waals surface area contributed by atoms with Crippen LogP contribution in [-0.2, 0) is 20.9 Å². The van der Waals surface area contributed by atoms with E-state index in [1.54, 1.807) is 29.2 Å². The third kappa shape index (κ3) is 3.59. The number of hydrogen-bond donors (Lipinski definition) is 0. The van der Waals surface area contributed by atoms with E-state index in [1.165, 1.54) is 11.0 Å². The predicted octanol–water partition coefficient (Wildman–Crippen LogP) is 2.11. The number of imide groups is 1. The second-order valence-corrected chi connectivity index (χ2v) is 6.76. The number of hydrogen-bond acceptors (Lipinski definition) is 4. The number of nitrogens with zero attached hydrogens (tertiary/aromatic N) is 2. The van der Waals surface area contributed by atoms with Gasteiger partial charge in [-0.25, -0.2) is 0 Å². The van der Waals surface area contributed by atoms with E-state index in [9.17, 15) is 14.4 Å². The summed E-state index contributed by atoms with van der Waals surface area (Å²) < 4.78 is 5.27. The highest BCUT2D eigenvalue weighted by molar-refractivity contribution is 6.33. The van der Waals surface area contributed by atoms with E-state index < -0.39 is 0 Å². The highest BCUT2D eigenvalue weighted by atomic mass is 16.5. The van der Waals surface area contributed by atoms with Gasteiger partial charge in [-0.3, -0.25) is 19.3 Å². The van der Waals surface area contributed by atoms with Crippen LogP contribution in [0.25, 0.3) is 5.57 Å². The lowest BCUT2D eigenvalue weighted by molar-refractivity contribution is -0.137. The molecule has 1 fully saturated rings. The van der Waals surface area contributed by atoms with E-state index in [1.807, 2.05) is 30.3 Å². The standard InChI is InChI=1S/C22H20N2O4/c25-20-14-19(17-4-2-1-3-5-17)22(27)24(20)15-16-6-8-18(9-7-16)21(26)23-10-12-28-13-11-23/h1-9,14H,10-13,15H2. The van der Waals surface area contributed by atoms with Crippen LogP contribution in [-0.4, -0.2) is 53.8 Å². The van der Waals surface area contributed by atoms with Crippen LogP contribution >= 0.6 is 0 Å². The normalized spacial score (nSPS) is 17.1. The van der Waals surface area contributed by atoms with Crippen molar-refractivity contribution in [1.29, 1.82) is 0 Å². The van der Waals surface area contributed by atoms with Gasteiger partial charge in [0.05, 0.1) is 25.3 Å². The number of ether oxygens (including phenoxy) is 1. The van der Waals surface area contributed by atoms with Gasteiger partial charge in [0.2, 0.25) is 0 Å². The van der Waals surface area contributed by atoms with Crippen LogP contribution in [0.2, 0.25) is 0 Å². The molecular formula is C22H20N2O4. The first-order valence-corrected chi connectivity index (χ1v) is 9.22. The Labute approximate surface area is 163 Å². The molecule has 2 aromatic carbocycles. The summed E-state index contributed by atoms with van der Waals surface area (Å²) in [6.45, 7) is 2.46. The van der Waals surface area contributed by atoms with Crippen LogP contribution in [0, 0.1) is 0 Å². The number of carbonyl (C=O) groups excluding carboxylic acids is 3. The summed E-state index contributed by atoms with van der Waals surface area (Å²) in [4.78, 5) is 40.5. The maximum Gasteiger partial charge on any atom is 0.261 e. The fourth-order valence-corrected chi connectivity index (χ4v) is 3.37. The molecule has 0 saturated carbocycles. The molecule has 3 amide bonds. The van der Waals surface area contributed by atoms with E-state index in [4.69, 9.17) is 4.74 Å². The largest absolute Gasteiger partial charge is 0.378 e. The van der Waals surface area contributed by atoms with Crippen LogP contribution in [0.4, 0.5) is 0 Å². The Balaban J connectivity index is 1.44. The zero-order chi connectivity index (χ0) is 19.5. The molecule has 28 heavy (non-hydrogen) atoms. The Morgan fingerprint density at radius 1 is 0.929 bits per heavy atom. The average molecular weight is 376 g/mol. The summed E-state index contributed by atoms with van der Waals surface area (Å²) in [5.74, 6) is -0.654. The molecule has 2 aliphatic heterocycles. The van der Waals surface area contributed by atoms with Crippen molar-refractivity contribution in [3.8, 4) is 0 Å². The first-order valence-electron chi connectivity index (χ1n) is 9.22. The first-order chi connectivity index (χ1) is 13.6. The second-order valence-electron chi connectivity index (χ2n) is 6.76. The third-order valence-corrected chi connectivity index (χ3v) is 4.93. The van der Waals surface area contributed by atoms with E-state index >= 15 is 0 Å². The summed E-state index contributed by atoms with van der Waals surface area (Å²) in [5, 5.41) is 0. The molecule has 2 aliphatic rings. The highest BCUT2D eigenvalue weighted by Crippen LogP contribution is 2.25. The minimum atomic E-state index is -0.322. The highest BCUT2D eigenvalue weighted by Gasteiger charge is 2.31. The van der Waals surface area contributed by atoms with Gasteiger partial charge in [-0.15, -0.1) is 0 Å². The van der Waals surface area contributed by atoms with Crippen molar-refractivity contribution in [2.24, 2.45) is 0 Å². The Morgan fingerprint density at radius 2 is 1.61 bits per heavy atom. The van der Waals surface area contributed by atoms with Crippen LogP contribution in [0.15, 0.2) is 60.7 Å². The Hall–Kier alpha value is -3.25. The minimum Gasteiger partial charge on any atom is -0.378 e. The summed E-state index contributed by atoms with van der Waals surface area (Å²) in [6, 6.07) is 16.2. The van der Waals surface area contributed by atoms with Crippen molar-refractivity contribution in [2.75, 3.05) is 26.3 Å². The van der Waals surface area contributed by atoms with E-state index in [0.29, 0.717) is 37.4 Å². The number of benzene rings is 2. The van der Waals surface area contributed by atoms with Crippen LogP contribution in [0.3, 0.4) is 0 Å². The lowest BCUT2D eigenvalue weighted by Crippen LogP contribution is -2.40. The molecule has 0 atom stereocenters.